The largest absolute Gasteiger partial charge is 0.242 e. The van der Waals surface area contributed by atoms with E-state index in [1.54, 1.807) is 19.9 Å². The maximum Gasteiger partial charge on any atom is 0.103 e. The van der Waals surface area contributed by atoms with E-state index in [1.165, 1.54) is 0 Å². The Morgan fingerprint density at radius 1 is 1.40 bits per heavy atom. The highest BCUT2D eigenvalue weighted by Gasteiger charge is 1.86. The number of rotatable bonds is 2. The molecule has 0 aromatic heterocycles. The van der Waals surface area contributed by atoms with Crippen LogP contribution in [0.4, 0.5) is 0 Å². The van der Waals surface area contributed by atoms with E-state index in [2.05, 4.69) is 11.6 Å². The van der Waals surface area contributed by atoms with Crippen LogP contribution < -0.4 is 0 Å². The molecule has 0 aliphatic carbocycles. The third kappa shape index (κ3) is 5.86. The van der Waals surface area contributed by atoms with Crippen LogP contribution in [0.2, 0.25) is 0 Å². The smallest absolute Gasteiger partial charge is 0.103 e. The molecule has 0 aliphatic rings. The third-order valence-corrected chi connectivity index (χ3v) is 0.857. The van der Waals surface area contributed by atoms with E-state index >= 15 is 0 Å². The molecule has 0 fully saturated rings. The number of hydrogen-bond donors (Lipinski definition) is 0. The molecule has 10 heavy (non-hydrogen) atoms. The molecular weight excluding hydrogens is 169 g/mol. The van der Waals surface area contributed by atoms with Crippen LogP contribution in [0.1, 0.15) is 13.8 Å². The fraction of sp³-hybridized carbons (Fsp3) is 0.286. The lowest BCUT2D eigenvalue weighted by molar-refractivity contribution is 1.41. The molecule has 0 aromatic carbocycles. The number of halogens is 2. The van der Waals surface area contributed by atoms with Crippen LogP contribution in [0.25, 0.3) is 0 Å². The van der Waals surface area contributed by atoms with E-state index < -0.39 is 0 Å². The maximum atomic E-state index is 5.54. The van der Waals surface area contributed by atoms with Crippen molar-refractivity contribution in [3.8, 4) is 0 Å². The lowest BCUT2D eigenvalue weighted by atomic mass is 10.4. The Bertz CT molecular complexity index is 164. The van der Waals surface area contributed by atoms with E-state index in [0.717, 1.165) is 0 Å². The van der Waals surface area contributed by atoms with Gasteiger partial charge in [-0.1, -0.05) is 29.8 Å². The second-order valence-electron chi connectivity index (χ2n) is 1.83. The van der Waals surface area contributed by atoms with Gasteiger partial charge in [-0.3, -0.25) is 0 Å². The molecule has 0 atom stereocenters. The summed E-state index contributed by atoms with van der Waals surface area (Å²) in [6, 6.07) is 0. The first kappa shape index (κ1) is 9.73. The van der Waals surface area contributed by atoms with Crippen LogP contribution in [0.5, 0.6) is 0 Å². The molecule has 0 rings (SSSR count). The van der Waals surface area contributed by atoms with Gasteiger partial charge in [-0.15, -0.1) is 0 Å². The van der Waals surface area contributed by atoms with Gasteiger partial charge >= 0.3 is 0 Å². The first-order valence-corrected chi connectivity index (χ1v) is 3.51. The molecule has 0 N–H and O–H groups in total. The zero-order valence-electron chi connectivity index (χ0n) is 5.99. The van der Waals surface area contributed by atoms with Gasteiger partial charge in [-0.25, -0.2) is 4.99 Å². The normalized spacial score (nSPS) is 13.6. The van der Waals surface area contributed by atoms with Crippen molar-refractivity contribution in [2.75, 3.05) is 0 Å². The lowest BCUT2D eigenvalue weighted by Crippen LogP contribution is -1.76. The highest BCUT2D eigenvalue weighted by molar-refractivity contribution is 6.64. The van der Waals surface area contributed by atoms with Crippen molar-refractivity contribution in [3.63, 3.8) is 0 Å². The molecule has 0 saturated carbocycles. The minimum atomic E-state index is 0.458. The molecule has 56 valence electrons. The van der Waals surface area contributed by atoms with Crippen LogP contribution in [0.15, 0.2) is 28.4 Å². The summed E-state index contributed by atoms with van der Waals surface area (Å²) in [7, 11) is 0. The molecule has 0 amide bonds. The van der Waals surface area contributed by atoms with Gasteiger partial charge in [0.2, 0.25) is 0 Å². The maximum absolute atomic E-state index is 5.54. The third-order valence-electron chi connectivity index (χ3n) is 0.663. The fourth-order valence-corrected chi connectivity index (χ4v) is 0.694. The highest BCUT2D eigenvalue weighted by Crippen LogP contribution is 2.05. The number of hydrogen-bond acceptors (Lipinski definition) is 1. The molecular formula is C7H9Cl2N. The van der Waals surface area contributed by atoms with Crippen molar-refractivity contribution >= 4 is 28.4 Å². The summed E-state index contributed by atoms with van der Waals surface area (Å²) in [4.78, 5) is 3.84. The Kier molecular flexibility index (Phi) is 4.41. The van der Waals surface area contributed by atoms with Gasteiger partial charge < -0.3 is 0 Å². The topological polar surface area (TPSA) is 12.4 Å². The van der Waals surface area contributed by atoms with Crippen molar-refractivity contribution in [3.05, 3.63) is 23.4 Å². The molecule has 0 spiro atoms. The molecule has 0 unspecified atom stereocenters. The first-order chi connectivity index (χ1) is 4.52. The first-order valence-electron chi connectivity index (χ1n) is 2.76. The van der Waals surface area contributed by atoms with Gasteiger partial charge in [0.05, 0.1) is 5.70 Å². The zero-order chi connectivity index (χ0) is 8.15. The Morgan fingerprint density at radius 2 is 1.90 bits per heavy atom. The molecule has 0 aromatic rings. The number of allylic oxidation sites excluding steroid dienone is 2. The lowest BCUT2D eigenvalue weighted by Gasteiger charge is -1.90. The van der Waals surface area contributed by atoms with Crippen molar-refractivity contribution in [2.45, 2.75) is 13.8 Å². The monoisotopic (exact) mass is 177 g/mol. The summed E-state index contributed by atoms with van der Waals surface area (Å²) in [5.74, 6) is 0. The Hall–Kier alpha value is -0.270. The SMILES string of the molecule is C=C(/C=C(\C)Cl)N=C(C)Cl. The van der Waals surface area contributed by atoms with E-state index in [0.29, 0.717) is 15.9 Å². The van der Waals surface area contributed by atoms with E-state index in [1.807, 2.05) is 0 Å². The fourth-order valence-electron chi connectivity index (χ4n) is 0.460. The van der Waals surface area contributed by atoms with Crippen molar-refractivity contribution in [1.29, 1.82) is 0 Å². The van der Waals surface area contributed by atoms with E-state index in [-0.39, 0.29) is 0 Å². The van der Waals surface area contributed by atoms with Crippen molar-refractivity contribution in [1.82, 2.24) is 0 Å². The summed E-state index contributed by atoms with van der Waals surface area (Å²) in [5, 5.41) is 1.10. The summed E-state index contributed by atoms with van der Waals surface area (Å²) in [6.07, 6.45) is 1.65. The van der Waals surface area contributed by atoms with Gasteiger partial charge in [-0.05, 0) is 19.9 Å². The van der Waals surface area contributed by atoms with E-state index in [4.69, 9.17) is 23.2 Å². The summed E-state index contributed by atoms with van der Waals surface area (Å²) in [6.45, 7) is 7.04. The van der Waals surface area contributed by atoms with Gasteiger partial charge in [0.25, 0.3) is 0 Å². The quantitative estimate of drug-likeness (QED) is 0.454. The minimum absolute atomic E-state index is 0.458. The second-order valence-corrected chi connectivity index (χ2v) is 2.97. The Balaban J connectivity index is 4.14. The van der Waals surface area contributed by atoms with E-state index in [9.17, 15) is 0 Å². The van der Waals surface area contributed by atoms with Crippen molar-refractivity contribution in [2.24, 2.45) is 4.99 Å². The number of nitrogens with zero attached hydrogens (tertiary/aromatic N) is 1. The molecule has 0 aliphatic heterocycles. The minimum Gasteiger partial charge on any atom is -0.242 e. The van der Waals surface area contributed by atoms with Crippen molar-refractivity contribution < 1.29 is 0 Å². The summed E-state index contributed by atoms with van der Waals surface area (Å²) in [5.41, 5.74) is 0.569. The average molecular weight is 178 g/mol. The van der Waals surface area contributed by atoms with Crippen LogP contribution in [-0.4, -0.2) is 5.17 Å². The number of aliphatic imine (C=N–C) groups is 1. The highest BCUT2D eigenvalue weighted by atomic mass is 35.5. The molecule has 0 radical (unpaired) electrons. The average Bonchev–Trinajstić information content (AvgIpc) is 1.58. The molecule has 0 saturated heterocycles. The standard InChI is InChI=1S/C7H9Cl2N/c1-5(8)4-6(2)10-7(3)9/h4H,2H2,1,3H3/b5-4+,10-7?. The zero-order valence-corrected chi connectivity index (χ0v) is 7.50. The van der Waals surface area contributed by atoms with Crippen LogP contribution in [-0.2, 0) is 0 Å². The van der Waals surface area contributed by atoms with Crippen LogP contribution >= 0.6 is 23.2 Å². The summed E-state index contributed by atoms with van der Waals surface area (Å²) >= 11 is 11.0. The van der Waals surface area contributed by atoms with Gasteiger partial charge in [-0.2, -0.15) is 0 Å². The predicted molar refractivity (Wildman–Crippen MR) is 47.7 cm³/mol. The molecule has 0 bridgehead atoms. The Morgan fingerprint density at radius 3 is 2.20 bits per heavy atom. The van der Waals surface area contributed by atoms with Crippen LogP contribution in [0.3, 0.4) is 0 Å². The van der Waals surface area contributed by atoms with Crippen LogP contribution in [0, 0.1) is 0 Å². The van der Waals surface area contributed by atoms with Gasteiger partial charge in [0.1, 0.15) is 5.17 Å². The second kappa shape index (κ2) is 4.53. The van der Waals surface area contributed by atoms with Gasteiger partial charge in [0, 0.05) is 5.03 Å². The summed E-state index contributed by atoms with van der Waals surface area (Å²) < 4.78 is 0. The Labute approximate surface area is 71.1 Å². The predicted octanol–water partition coefficient (Wildman–Crippen LogP) is 3.30. The molecule has 0 heterocycles. The molecule has 1 nitrogen and oxygen atoms in total. The van der Waals surface area contributed by atoms with Gasteiger partial charge in [0.15, 0.2) is 0 Å². The molecule has 3 heteroatoms.